The number of carbonyl (C=O) groups excluding carboxylic acids is 1. The first-order valence-corrected chi connectivity index (χ1v) is 7.04. The molecule has 98 valence electrons. The summed E-state index contributed by atoms with van der Waals surface area (Å²) in [5, 5.41) is 0. The van der Waals surface area contributed by atoms with Crippen LogP contribution in [0.2, 0.25) is 0 Å². The van der Waals surface area contributed by atoms with Crippen molar-refractivity contribution in [2.45, 2.75) is 64.0 Å². The summed E-state index contributed by atoms with van der Waals surface area (Å²) in [4.78, 5) is 14.3. The van der Waals surface area contributed by atoms with Crippen molar-refractivity contribution >= 4 is 5.91 Å². The van der Waals surface area contributed by atoms with Gasteiger partial charge in [0.05, 0.1) is 6.04 Å². The van der Waals surface area contributed by atoms with Gasteiger partial charge in [0.15, 0.2) is 0 Å². The lowest BCUT2D eigenvalue weighted by molar-refractivity contribution is -0.129. The van der Waals surface area contributed by atoms with Gasteiger partial charge < -0.3 is 0 Å². The van der Waals surface area contributed by atoms with Gasteiger partial charge in [-0.2, -0.15) is 0 Å². The molecule has 1 unspecified atom stereocenters. The maximum atomic E-state index is 11.8. The lowest BCUT2D eigenvalue weighted by Gasteiger charge is -2.46. The number of nitrogens with zero attached hydrogens (tertiary/aromatic N) is 1. The standard InChI is InChI=1S/C13H25N3O/c1-2-11(13(17)15-14)16-9-5-7-10-6-3-4-8-12(10)16/h10-12H,2-9,14H2,1H3,(H,15,17)/t10-,11?,12-/m1/s1. The molecule has 1 saturated carbocycles. The van der Waals surface area contributed by atoms with E-state index in [4.69, 9.17) is 5.84 Å². The minimum Gasteiger partial charge on any atom is -0.293 e. The van der Waals surface area contributed by atoms with E-state index in [-0.39, 0.29) is 11.9 Å². The van der Waals surface area contributed by atoms with Crippen molar-refractivity contribution in [3.8, 4) is 0 Å². The zero-order chi connectivity index (χ0) is 12.3. The molecule has 1 saturated heterocycles. The van der Waals surface area contributed by atoms with Crippen molar-refractivity contribution in [3.63, 3.8) is 0 Å². The molecule has 1 aliphatic heterocycles. The van der Waals surface area contributed by atoms with E-state index in [1.54, 1.807) is 0 Å². The Kier molecular flexibility index (Phi) is 4.40. The van der Waals surface area contributed by atoms with E-state index in [0.29, 0.717) is 6.04 Å². The Labute approximate surface area is 104 Å². The van der Waals surface area contributed by atoms with Crippen LogP contribution in [-0.2, 0) is 4.79 Å². The van der Waals surface area contributed by atoms with Gasteiger partial charge in [0.1, 0.15) is 0 Å². The minimum absolute atomic E-state index is 0.0151. The lowest BCUT2D eigenvalue weighted by Crippen LogP contribution is -2.57. The van der Waals surface area contributed by atoms with Gasteiger partial charge in [0.25, 0.3) is 5.91 Å². The zero-order valence-electron chi connectivity index (χ0n) is 10.8. The number of hydrogen-bond acceptors (Lipinski definition) is 3. The highest BCUT2D eigenvalue weighted by Gasteiger charge is 2.38. The van der Waals surface area contributed by atoms with Crippen LogP contribution in [0.3, 0.4) is 0 Å². The Balaban J connectivity index is 2.08. The molecule has 1 amide bonds. The van der Waals surface area contributed by atoms with Gasteiger partial charge in [-0.05, 0) is 44.6 Å². The quantitative estimate of drug-likeness (QED) is 0.445. The third-order valence-electron chi connectivity index (χ3n) is 4.52. The highest BCUT2D eigenvalue weighted by Crippen LogP contribution is 2.36. The van der Waals surface area contributed by atoms with Gasteiger partial charge >= 0.3 is 0 Å². The number of hydrogen-bond donors (Lipinski definition) is 2. The number of fused-ring (bicyclic) bond motifs is 1. The fourth-order valence-electron chi connectivity index (χ4n) is 3.72. The maximum absolute atomic E-state index is 11.8. The minimum atomic E-state index is -0.0223. The van der Waals surface area contributed by atoms with E-state index in [1.165, 1.54) is 38.5 Å². The molecule has 0 aromatic heterocycles. The SMILES string of the molecule is CCC(C(=O)NN)N1CCC[C@H]2CCCC[C@H]21. The summed E-state index contributed by atoms with van der Waals surface area (Å²) in [6.07, 6.45) is 8.73. The Morgan fingerprint density at radius 1 is 1.35 bits per heavy atom. The van der Waals surface area contributed by atoms with Gasteiger partial charge in [-0.25, -0.2) is 5.84 Å². The monoisotopic (exact) mass is 239 g/mol. The number of nitrogens with two attached hydrogens (primary N) is 1. The van der Waals surface area contributed by atoms with Gasteiger partial charge in [-0.3, -0.25) is 15.1 Å². The van der Waals surface area contributed by atoms with Crippen LogP contribution in [0.15, 0.2) is 0 Å². The Bertz CT molecular complexity index is 267. The largest absolute Gasteiger partial charge is 0.293 e. The molecule has 2 rings (SSSR count). The summed E-state index contributed by atoms with van der Waals surface area (Å²) in [5.74, 6) is 6.10. The average Bonchev–Trinajstić information content (AvgIpc) is 2.39. The number of nitrogens with one attached hydrogen (secondary N) is 1. The van der Waals surface area contributed by atoms with E-state index >= 15 is 0 Å². The molecule has 4 nitrogen and oxygen atoms in total. The van der Waals surface area contributed by atoms with Crippen molar-refractivity contribution < 1.29 is 4.79 Å². The predicted molar refractivity (Wildman–Crippen MR) is 68.1 cm³/mol. The van der Waals surface area contributed by atoms with Crippen LogP contribution in [0.4, 0.5) is 0 Å². The molecule has 17 heavy (non-hydrogen) atoms. The molecule has 1 heterocycles. The summed E-state index contributed by atoms with van der Waals surface area (Å²) >= 11 is 0. The molecule has 0 bridgehead atoms. The lowest BCUT2D eigenvalue weighted by atomic mass is 9.77. The molecule has 0 aromatic rings. The van der Waals surface area contributed by atoms with E-state index < -0.39 is 0 Å². The van der Waals surface area contributed by atoms with Crippen LogP contribution in [0.1, 0.15) is 51.9 Å². The van der Waals surface area contributed by atoms with Crippen molar-refractivity contribution in [1.29, 1.82) is 0 Å². The maximum Gasteiger partial charge on any atom is 0.251 e. The van der Waals surface area contributed by atoms with Crippen molar-refractivity contribution in [2.75, 3.05) is 6.54 Å². The van der Waals surface area contributed by atoms with Crippen LogP contribution in [-0.4, -0.2) is 29.4 Å². The van der Waals surface area contributed by atoms with E-state index in [2.05, 4.69) is 17.2 Å². The van der Waals surface area contributed by atoms with Crippen LogP contribution < -0.4 is 11.3 Å². The van der Waals surface area contributed by atoms with Gasteiger partial charge in [-0.15, -0.1) is 0 Å². The summed E-state index contributed by atoms with van der Waals surface area (Å²) < 4.78 is 0. The van der Waals surface area contributed by atoms with Crippen LogP contribution in [0.5, 0.6) is 0 Å². The highest BCUT2D eigenvalue weighted by molar-refractivity contribution is 5.81. The topological polar surface area (TPSA) is 58.4 Å². The van der Waals surface area contributed by atoms with Crippen molar-refractivity contribution in [3.05, 3.63) is 0 Å². The Hall–Kier alpha value is -0.610. The van der Waals surface area contributed by atoms with Crippen LogP contribution >= 0.6 is 0 Å². The van der Waals surface area contributed by atoms with Crippen molar-refractivity contribution in [1.82, 2.24) is 10.3 Å². The Morgan fingerprint density at radius 2 is 2.06 bits per heavy atom. The smallest absolute Gasteiger partial charge is 0.251 e. The molecule has 0 radical (unpaired) electrons. The molecule has 2 aliphatic rings. The van der Waals surface area contributed by atoms with E-state index in [9.17, 15) is 4.79 Å². The second-order valence-electron chi connectivity index (χ2n) is 5.42. The number of rotatable bonds is 3. The molecule has 0 aromatic carbocycles. The number of carbonyl (C=O) groups is 1. The molecule has 2 fully saturated rings. The zero-order valence-corrected chi connectivity index (χ0v) is 10.8. The molecule has 3 N–H and O–H groups in total. The molecular formula is C13H25N3O. The molecule has 0 spiro atoms. The van der Waals surface area contributed by atoms with E-state index in [1.807, 2.05) is 0 Å². The average molecular weight is 239 g/mol. The third kappa shape index (κ3) is 2.63. The van der Waals surface area contributed by atoms with Gasteiger partial charge in [0, 0.05) is 6.04 Å². The molecular weight excluding hydrogens is 214 g/mol. The fraction of sp³-hybridized carbons (Fsp3) is 0.923. The normalized spacial score (nSPS) is 31.6. The predicted octanol–water partition coefficient (Wildman–Crippen LogP) is 1.41. The number of amides is 1. The fourth-order valence-corrected chi connectivity index (χ4v) is 3.72. The Morgan fingerprint density at radius 3 is 2.76 bits per heavy atom. The number of likely N-dealkylation sites (tertiary alicyclic amines) is 1. The third-order valence-corrected chi connectivity index (χ3v) is 4.52. The first kappa shape index (κ1) is 12.8. The van der Waals surface area contributed by atoms with E-state index in [0.717, 1.165) is 18.9 Å². The summed E-state index contributed by atoms with van der Waals surface area (Å²) in [6.45, 7) is 3.14. The molecule has 3 atom stereocenters. The van der Waals surface area contributed by atoms with Crippen LogP contribution in [0.25, 0.3) is 0 Å². The summed E-state index contributed by atoms with van der Waals surface area (Å²) in [7, 11) is 0. The summed E-state index contributed by atoms with van der Waals surface area (Å²) in [6, 6.07) is 0.602. The number of hydrazine groups is 1. The van der Waals surface area contributed by atoms with Gasteiger partial charge in [-0.1, -0.05) is 19.8 Å². The molecule has 1 aliphatic carbocycles. The van der Waals surface area contributed by atoms with Crippen molar-refractivity contribution in [2.24, 2.45) is 11.8 Å². The molecule has 4 heteroatoms. The summed E-state index contributed by atoms with van der Waals surface area (Å²) in [5.41, 5.74) is 2.33. The first-order valence-electron chi connectivity index (χ1n) is 7.04. The number of piperidine rings is 1. The second-order valence-corrected chi connectivity index (χ2v) is 5.42. The van der Waals surface area contributed by atoms with Crippen LogP contribution in [0, 0.1) is 5.92 Å². The first-order chi connectivity index (χ1) is 8.27. The highest BCUT2D eigenvalue weighted by atomic mass is 16.2. The van der Waals surface area contributed by atoms with Gasteiger partial charge in [0.2, 0.25) is 0 Å². The second kappa shape index (κ2) is 5.83.